The topological polar surface area (TPSA) is 83.9 Å². The number of carbonyl (C=O) groups is 3. The van der Waals surface area contributed by atoms with Crippen LogP contribution in [0.5, 0.6) is 0 Å². The molecule has 6 nitrogen and oxygen atoms in total. The van der Waals surface area contributed by atoms with Gasteiger partial charge in [0.2, 0.25) is 5.91 Å². The average Bonchev–Trinajstić information content (AvgIpc) is 2.78. The van der Waals surface area contributed by atoms with Gasteiger partial charge < -0.3 is 9.84 Å². The summed E-state index contributed by atoms with van der Waals surface area (Å²) in [7, 11) is 0. The summed E-state index contributed by atoms with van der Waals surface area (Å²) in [4.78, 5) is 34.7. The first kappa shape index (κ1) is 14.0. The van der Waals surface area contributed by atoms with E-state index in [1.165, 1.54) is 0 Å². The van der Waals surface area contributed by atoms with Gasteiger partial charge in [-0.25, -0.2) is 9.69 Å². The number of rotatable bonds is 4. The minimum atomic E-state index is -1.31. The smallest absolute Gasteiger partial charge is 0.414 e. The summed E-state index contributed by atoms with van der Waals surface area (Å²) < 4.78 is 5.08. The molecule has 0 radical (unpaired) electrons. The maximum atomic E-state index is 11.7. The predicted octanol–water partition coefficient (Wildman–Crippen LogP) is 1.79. The zero-order valence-electron chi connectivity index (χ0n) is 10.8. The largest absolute Gasteiger partial charge is 0.465 e. The second kappa shape index (κ2) is 6.18. The molecule has 1 aliphatic rings. The second-order valence-corrected chi connectivity index (χ2v) is 4.59. The lowest BCUT2D eigenvalue weighted by Gasteiger charge is -2.18. The van der Waals surface area contributed by atoms with Crippen molar-refractivity contribution >= 4 is 18.0 Å². The van der Waals surface area contributed by atoms with E-state index in [9.17, 15) is 14.4 Å². The predicted molar refractivity (Wildman–Crippen MR) is 68.7 cm³/mol. The molecule has 1 aromatic rings. The Labute approximate surface area is 115 Å². The number of hydrogen-bond donors (Lipinski definition) is 1. The lowest BCUT2D eigenvalue weighted by atomic mass is 10.1. The number of hydrogen-bond acceptors (Lipinski definition) is 4. The van der Waals surface area contributed by atoms with Crippen LogP contribution in [0.2, 0.25) is 0 Å². The number of esters is 1. The Kier molecular flexibility index (Phi) is 4.34. The van der Waals surface area contributed by atoms with Gasteiger partial charge in [0.15, 0.2) is 0 Å². The molecule has 0 spiro atoms. The van der Waals surface area contributed by atoms with Crippen LogP contribution in [0.15, 0.2) is 30.3 Å². The van der Waals surface area contributed by atoms with Crippen LogP contribution in [0.1, 0.15) is 24.8 Å². The maximum absolute atomic E-state index is 11.7. The molecule has 0 unspecified atom stereocenters. The summed E-state index contributed by atoms with van der Waals surface area (Å²) >= 11 is 0. The molecule has 1 saturated heterocycles. The molecule has 0 aromatic heterocycles. The fraction of sp³-hybridized carbons (Fsp3) is 0.357. The number of carbonyl (C=O) groups excluding carboxylic acids is 2. The number of ether oxygens (including phenoxy) is 1. The van der Waals surface area contributed by atoms with Crippen LogP contribution < -0.4 is 0 Å². The van der Waals surface area contributed by atoms with Crippen LogP contribution >= 0.6 is 0 Å². The Morgan fingerprint density at radius 1 is 1.30 bits per heavy atom. The van der Waals surface area contributed by atoms with Crippen LogP contribution in [0, 0.1) is 0 Å². The Bertz CT molecular complexity index is 514. The van der Waals surface area contributed by atoms with Crippen molar-refractivity contribution < 1.29 is 24.2 Å². The zero-order chi connectivity index (χ0) is 14.5. The molecule has 6 heteroatoms. The maximum Gasteiger partial charge on any atom is 0.414 e. The lowest BCUT2D eigenvalue weighted by molar-refractivity contribution is -0.146. The first-order valence-electron chi connectivity index (χ1n) is 6.32. The average molecular weight is 277 g/mol. The van der Waals surface area contributed by atoms with Gasteiger partial charge in [0.25, 0.3) is 0 Å². The van der Waals surface area contributed by atoms with E-state index in [0.717, 1.165) is 10.5 Å². The van der Waals surface area contributed by atoms with Gasteiger partial charge in [0.1, 0.15) is 6.61 Å². The summed E-state index contributed by atoms with van der Waals surface area (Å²) in [5.74, 6) is -0.960. The van der Waals surface area contributed by atoms with E-state index >= 15 is 0 Å². The van der Waals surface area contributed by atoms with Crippen molar-refractivity contribution in [3.05, 3.63) is 35.9 Å². The van der Waals surface area contributed by atoms with E-state index in [0.29, 0.717) is 6.42 Å². The highest BCUT2D eigenvalue weighted by Crippen LogP contribution is 2.22. The molecule has 0 aliphatic carbocycles. The Morgan fingerprint density at radius 3 is 2.65 bits per heavy atom. The van der Waals surface area contributed by atoms with E-state index in [2.05, 4.69) is 0 Å². The van der Waals surface area contributed by atoms with Gasteiger partial charge in [-0.2, -0.15) is 0 Å². The van der Waals surface area contributed by atoms with Crippen LogP contribution in [0.4, 0.5) is 4.79 Å². The number of imide groups is 1. The molecule has 0 saturated carbocycles. The van der Waals surface area contributed by atoms with Gasteiger partial charge in [-0.1, -0.05) is 30.3 Å². The first-order chi connectivity index (χ1) is 9.58. The molecule has 1 N–H and O–H groups in total. The standard InChI is InChI=1S/C14H15NO5/c16-12-7-6-11(15(12)14(18)19)8-13(17)20-9-10-4-2-1-3-5-10/h1-5,11H,6-9H2,(H,18,19)/t11-/m0/s1. The summed E-state index contributed by atoms with van der Waals surface area (Å²) in [6, 6.07) is 8.59. The van der Waals surface area contributed by atoms with Crippen molar-refractivity contribution in [1.29, 1.82) is 0 Å². The van der Waals surface area contributed by atoms with Gasteiger partial charge in [-0.05, 0) is 12.0 Å². The van der Waals surface area contributed by atoms with Crippen molar-refractivity contribution in [2.24, 2.45) is 0 Å². The van der Waals surface area contributed by atoms with Crippen molar-refractivity contribution in [2.75, 3.05) is 0 Å². The third kappa shape index (κ3) is 3.34. The number of benzene rings is 1. The number of nitrogens with zero attached hydrogens (tertiary/aromatic N) is 1. The van der Waals surface area contributed by atoms with Gasteiger partial charge >= 0.3 is 12.1 Å². The van der Waals surface area contributed by atoms with E-state index in [1.807, 2.05) is 30.3 Å². The molecule has 1 aromatic carbocycles. The van der Waals surface area contributed by atoms with E-state index in [-0.39, 0.29) is 19.4 Å². The van der Waals surface area contributed by atoms with Crippen LogP contribution in [0.25, 0.3) is 0 Å². The Hall–Kier alpha value is -2.37. The van der Waals surface area contributed by atoms with E-state index in [1.54, 1.807) is 0 Å². The minimum Gasteiger partial charge on any atom is -0.465 e. The van der Waals surface area contributed by atoms with Crippen molar-refractivity contribution in [2.45, 2.75) is 31.9 Å². The monoisotopic (exact) mass is 277 g/mol. The summed E-state index contributed by atoms with van der Waals surface area (Å²) in [6.07, 6.45) is -0.882. The summed E-state index contributed by atoms with van der Waals surface area (Å²) in [6.45, 7) is 0.146. The number of amides is 2. The SMILES string of the molecule is O=C(C[C@@H]1CCC(=O)N1C(=O)O)OCc1ccccc1. The summed E-state index contributed by atoms with van der Waals surface area (Å²) in [5, 5.41) is 8.93. The molecule has 1 fully saturated rings. The molecule has 106 valence electrons. The van der Waals surface area contributed by atoms with Crippen LogP contribution in [-0.2, 0) is 20.9 Å². The highest BCUT2D eigenvalue weighted by molar-refractivity contribution is 5.93. The van der Waals surface area contributed by atoms with Crippen molar-refractivity contribution in [3.8, 4) is 0 Å². The van der Waals surface area contributed by atoms with Crippen LogP contribution in [-0.4, -0.2) is 34.0 Å². The normalized spacial score (nSPS) is 18.1. The quantitative estimate of drug-likeness (QED) is 0.848. The molecular formula is C14H15NO5. The fourth-order valence-electron chi connectivity index (χ4n) is 2.19. The minimum absolute atomic E-state index is 0.0924. The van der Waals surface area contributed by atoms with Gasteiger partial charge in [-0.15, -0.1) is 0 Å². The fourth-order valence-corrected chi connectivity index (χ4v) is 2.19. The first-order valence-corrected chi connectivity index (χ1v) is 6.32. The number of likely N-dealkylation sites (tertiary alicyclic amines) is 1. The highest BCUT2D eigenvalue weighted by atomic mass is 16.5. The third-order valence-corrected chi connectivity index (χ3v) is 3.18. The van der Waals surface area contributed by atoms with E-state index in [4.69, 9.17) is 9.84 Å². The van der Waals surface area contributed by atoms with Gasteiger partial charge in [0.05, 0.1) is 12.5 Å². The lowest BCUT2D eigenvalue weighted by Crippen LogP contribution is -2.38. The molecule has 2 rings (SSSR count). The molecule has 2 amide bonds. The molecule has 1 atom stereocenters. The molecule has 20 heavy (non-hydrogen) atoms. The number of carboxylic acid groups (broad SMARTS) is 1. The molecule has 0 bridgehead atoms. The zero-order valence-corrected chi connectivity index (χ0v) is 10.8. The Balaban J connectivity index is 1.85. The van der Waals surface area contributed by atoms with Crippen LogP contribution in [0.3, 0.4) is 0 Å². The van der Waals surface area contributed by atoms with Crippen molar-refractivity contribution in [3.63, 3.8) is 0 Å². The second-order valence-electron chi connectivity index (χ2n) is 4.59. The molecular weight excluding hydrogens is 262 g/mol. The molecule has 1 heterocycles. The highest BCUT2D eigenvalue weighted by Gasteiger charge is 2.37. The summed E-state index contributed by atoms with van der Waals surface area (Å²) in [5.41, 5.74) is 0.860. The van der Waals surface area contributed by atoms with Gasteiger partial charge in [0, 0.05) is 6.42 Å². The Morgan fingerprint density at radius 2 is 2.00 bits per heavy atom. The van der Waals surface area contributed by atoms with E-state index < -0.39 is 24.0 Å². The van der Waals surface area contributed by atoms with Crippen molar-refractivity contribution in [1.82, 2.24) is 4.90 Å². The molecule has 1 aliphatic heterocycles. The third-order valence-electron chi connectivity index (χ3n) is 3.18. The van der Waals surface area contributed by atoms with Gasteiger partial charge in [-0.3, -0.25) is 9.59 Å².